The third-order valence-electron chi connectivity index (χ3n) is 6.89. The van der Waals surface area contributed by atoms with Crippen molar-refractivity contribution in [3.63, 3.8) is 0 Å². The number of para-hydroxylation sites is 1. The Morgan fingerprint density at radius 3 is 2.73 bits per heavy atom. The predicted molar refractivity (Wildman–Crippen MR) is 159 cm³/mol. The van der Waals surface area contributed by atoms with Gasteiger partial charge in [0.2, 0.25) is 0 Å². The van der Waals surface area contributed by atoms with Gasteiger partial charge in [0.15, 0.2) is 0 Å². The first-order valence-corrected chi connectivity index (χ1v) is 13.5. The van der Waals surface area contributed by atoms with E-state index in [9.17, 15) is 4.79 Å². The van der Waals surface area contributed by atoms with Gasteiger partial charge in [-0.05, 0) is 30.2 Å². The van der Waals surface area contributed by atoms with E-state index in [0.29, 0.717) is 31.1 Å². The monoisotopic (exact) mass is 551 g/mol. The highest BCUT2D eigenvalue weighted by atomic mass is 16.5. The maximum absolute atomic E-state index is 12.4. The van der Waals surface area contributed by atoms with Crippen molar-refractivity contribution in [3.8, 4) is 11.3 Å². The van der Waals surface area contributed by atoms with E-state index in [4.69, 9.17) is 4.74 Å². The minimum absolute atomic E-state index is 0.124. The van der Waals surface area contributed by atoms with Gasteiger partial charge in [-0.2, -0.15) is 5.10 Å². The summed E-state index contributed by atoms with van der Waals surface area (Å²) >= 11 is 0. The third kappa shape index (κ3) is 6.47. The maximum Gasteiger partial charge on any atom is 0.251 e. The lowest BCUT2D eigenvalue weighted by Crippen LogP contribution is -2.18. The Bertz CT molecular complexity index is 1620. The number of ether oxygens (including phenoxy) is 1. The second-order valence-electron chi connectivity index (χ2n) is 9.50. The zero-order valence-electron chi connectivity index (χ0n) is 23.3. The van der Waals surface area contributed by atoms with E-state index in [0.717, 1.165) is 45.6 Å². The molecule has 41 heavy (non-hydrogen) atoms. The lowest BCUT2D eigenvalue weighted by molar-refractivity contribution is 0.0964. The fourth-order valence-corrected chi connectivity index (χ4v) is 4.68. The van der Waals surface area contributed by atoms with E-state index < -0.39 is 0 Å². The van der Waals surface area contributed by atoms with Gasteiger partial charge < -0.3 is 20.7 Å². The number of carbonyl (C=O) groups excluding carboxylic acids is 1. The molecule has 0 radical (unpaired) electrons. The molecule has 0 spiro atoms. The van der Waals surface area contributed by atoms with Crippen LogP contribution in [0.25, 0.3) is 22.2 Å². The third-order valence-corrected chi connectivity index (χ3v) is 6.89. The number of benzene rings is 1. The molecule has 3 N–H and O–H groups in total. The Morgan fingerprint density at radius 1 is 1.05 bits per heavy atom. The fourth-order valence-electron chi connectivity index (χ4n) is 4.68. The van der Waals surface area contributed by atoms with Crippen LogP contribution in [0.2, 0.25) is 0 Å². The van der Waals surface area contributed by atoms with Gasteiger partial charge in [-0.25, -0.2) is 15.0 Å². The SMILES string of the molecule is CCC(CNc1cc(-c2ccc(Nc3cnn(CCOC)c3)nc2)ncn1)c1cccc2c(C(=O)NC)ccnc12. The molecule has 0 aliphatic heterocycles. The number of nitrogens with zero attached hydrogens (tertiary/aromatic N) is 6. The van der Waals surface area contributed by atoms with Crippen LogP contribution in [0.15, 0.2) is 73.6 Å². The van der Waals surface area contributed by atoms with Gasteiger partial charge in [0.25, 0.3) is 5.91 Å². The highest BCUT2D eigenvalue weighted by Crippen LogP contribution is 2.29. The van der Waals surface area contributed by atoms with Crippen molar-refractivity contribution in [1.82, 2.24) is 35.0 Å². The van der Waals surface area contributed by atoms with Crippen LogP contribution in [0.1, 0.15) is 35.2 Å². The zero-order valence-corrected chi connectivity index (χ0v) is 23.3. The van der Waals surface area contributed by atoms with Gasteiger partial charge in [-0.1, -0.05) is 25.1 Å². The Hall–Kier alpha value is -4.90. The Kier molecular flexibility index (Phi) is 8.75. The molecule has 5 rings (SSSR count). The molecule has 0 aliphatic rings. The van der Waals surface area contributed by atoms with Gasteiger partial charge in [-0.3, -0.25) is 14.5 Å². The van der Waals surface area contributed by atoms with E-state index in [1.807, 2.05) is 41.2 Å². The molecular formula is C30H33N9O2. The lowest BCUT2D eigenvalue weighted by Gasteiger charge is -2.19. The zero-order chi connectivity index (χ0) is 28.6. The van der Waals surface area contributed by atoms with Crippen LogP contribution in [0, 0.1) is 0 Å². The summed E-state index contributed by atoms with van der Waals surface area (Å²) in [6.07, 6.45) is 9.58. The highest BCUT2D eigenvalue weighted by Gasteiger charge is 2.17. The number of hydrogen-bond donors (Lipinski definition) is 3. The summed E-state index contributed by atoms with van der Waals surface area (Å²) in [5.74, 6) is 1.47. The van der Waals surface area contributed by atoms with Crippen molar-refractivity contribution in [2.75, 3.05) is 37.9 Å². The number of amides is 1. The Labute approximate surface area is 238 Å². The molecule has 11 nitrogen and oxygen atoms in total. The molecule has 1 amide bonds. The summed E-state index contributed by atoms with van der Waals surface area (Å²) in [7, 11) is 3.30. The maximum atomic E-state index is 12.4. The van der Waals surface area contributed by atoms with Gasteiger partial charge in [0.05, 0.1) is 41.8 Å². The number of carbonyl (C=O) groups is 1. The normalized spacial score (nSPS) is 11.8. The second kappa shape index (κ2) is 13.0. The summed E-state index contributed by atoms with van der Waals surface area (Å²) in [6.45, 7) is 4.08. The van der Waals surface area contributed by atoms with E-state index in [1.54, 1.807) is 45.1 Å². The molecule has 0 bridgehead atoms. The van der Waals surface area contributed by atoms with Crippen LogP contribution in [0.4, 0.5) is 17.3 Å². The summed E-state index contributed by atoms with van der Waals surface area (Å²) in [4.78, 5) is 30.4. The summed E-state index contributed by atoms with van der Waals surface area (Å²) < 4.78 is 6.91. The molecule has 11 heteroatoms. The van der Waals surface area contributed by atoms with Crippen LogP contribution >= 0.6 is 0 Å². The summed E-state index contributed by atoms with van der Waals surface area (Å²) in [5, 5.41) is 14.6. The van der Waals surface area contributed by atoms with Crippen molar-refractivity contribution in [2.45, 2.75) is 25.8 Å². The molecule has 0 fully saturated rings. The standard InChI is InChI=1S/C30H33N9O2/c1-4-20(23-6-5-7-24-25(30(40)31-2)10-11-32-29(23)24)15-34-28-14-26(35-19-36-28)21-8-9-27(33-16-21)38-22-17-37-39(18-22)12-13-41-3/h5-11,14,16-20H,4,12-13,15H2,1-3H3,(H,31,40)(H,33,38)(H,34,35,36). The fraction of sp³-hybridized carbons (Fsp3) is 0.267. The number of anilines is 3. The Balaban J connectivity index is 1.27. The molecule has 0 saturated heterocycles. The lowest BCUT2D eigenvalue weighted by atomic mass is 9.92. The number of fused-ring (bicyclic) bond motifs is 1. The van der Waals surface area contributed by atoms with Gasteiger partial charge in [-0.15, -0.1) is 0 Å². The van der Waals surface area contributed by atoms with Crippen molar-refractivity contribution >= 4 is 34.1 Å². The van der Waals surface area contributed by atoms with Crippen molar-refractivity contribution in [1.29, 1.82) is 0 Å². The van der Waals surface area contributed by atoms with Gasteiger partial charge >= 0.3 is 0 Å². The molecule has 4 heterocycles. The van der Waals surface area contributed by atoms with E-state index >= 15 is 0 Å². The average molecular weight is 552 g/mol. The second-order valence-corrected chi connectivity index (χ2v) is 9.50. The predicted octanol–water partition coefficient (Wildman–Crippen LogP) is 4.64. The topological polar surface area (TPSA) is 132 Å². The van der Waals surface area contributed by atoms with Crippen LogP contribution in [0.5, 0.6) is 0 Å². The minimum Gasteiger partial charge on any atom is -0.383 e. The van der Waals surface area contributed by atoms with Gasteiger partial charge in [0, 0.05) is 62.2 Å². The quantitative estimate of drug-likeness (QED) is 0.203. The molecule has 0 aliphatic carbocycles. The number of methoxy groups -OCH3 is 1. The molecular weight excluding hydrogens is 518 g/mol. The number of hydrogen-bond acceptors (Lipinski definition) is 9. The van der Waals surface area contributed by atoms with Crippen molar-refractivity contribution < 1.29 is 9.53 Å². The summed E-state index contributed by atoms with van der Waals surface area (Å²) in [6, 6.07) is 13.6. The van der Waals surface area contributed by atoms with Crippen molar-refractivity contribution in [3.05, 3.63) is 84.7 Å². The van der Waals surface area contributed by atoms with Crippen LogP contribution in [0.3, 0.4) is 0 Å². The molecule has 0 saturated carbocycles. The first-order chi connectivity index (χ1) is 20.1. The largest absolute Gasteiger partial charge is 0.383 e. The number of rotatable bonds is 12. The molecule has 210 valence electrons. The average Bonchev–Trinajstić information content (AvgIpc) is 3.47. The molecule has 5 aromatic rings. The molecule has 4 aromatic heterocycles. The molecule has 1 aromatic carbocycles. The first kappa shape index (κ1) is 27.7. The summed E-state index contributed by atoms with van der Waals surface area (Å²) in [5.41, 5.74) is 5.05. The van der Waals surface area contributed by atoms with Crippen LogP contribution < -0.4 is 16.0 Å². The van der Waals surface area contributed by atoms with Crippen LogP contribution in [-0.4, -0.2) is 62.9 Å². The van der Waals surface area contributed by atoms with Crippen LogP contribution in [-0.2, 0) is 11.3 Å². The molecule has 1 atom stereocenters. The van der Waals surface area contributed by atoms with E-state index in [1.165, 1.54) is 0 Å². The van der Waals surface area contributed by atoms with E-state index in [2.05, 4.69) is 54.0 Å². The number of pyridine rings is 2. The number of aromatic nitrogens is 6. The van der Waals surface area contributed by atoms with Gasteiger partial charge in [0.1, 0.15) is 18.0 Å². The van der Waals surface area contributed by atoms with E-state index in [-0.39, 0.29) is 11.8 Å². The highest BCUT2D eigenvalue weighted by molar-refractivity contribution is 6.06. The Morgan fingerprint density at radius 2 is 1.95 bits per heavy atom. The van der Waals surface area contributed by atoms with Crippen molar-refractivity contribution in [2.24, 2.45) is 0 Å². The first-order valence-electron chi connectivity index (χ1n) is 13.5. The molecule has 1 unspecified atom stereocenters. The smallest absolute Gasteiger partial charge is 0.251 e. The number of nitrogens with one attached hydrogen (secondary N) is 3. The minimum atomic E-state index is -0.124.